The molecule has 0 bridgehead atoms. The molecule has 1 aliphatic heterocycles. The van der Waals surface area contributed by atoms with Gasteiger partial charge in [-0.2, -0.15) is 4.98 Å². The molecule has 5 nitrogen and oxygen atoms in total. The van der Waals surface area contributed by atoms with Crippen LogP contribution in [0.5, 0.6) is 0 Å². The van der Waals surface area contributed by atoms with Gasteiger partial charge < -0.3 is 9.42 Å². The number of carbonyl (C=O) groups excluding carboxylic acids is 1. The van der Waals surface area contributed by atoms with Crippen LogP contribution in [0, 0.1) is 12.8 Å². The Hall–Kier alpha value is -1.39. The van der Waals surface area contributed by atoms with Crippen molar-refractivity contribution in [2.24, 2.45) is 5.92 Å². The largest absolute Gasteiger partial charge is 0.341 e. The molecule has 1 aromatic heterocycles. The van der Waals surface area contributed by atoms with Crippen LogP contribution in [0.25, 0.3) is 0 Å². The van der Waals surface area contributed by atoms with Gasteiger partial charge in [0, 0.05) is 19.5 Å². The highest BCUT2D eigenvalue weighted by Gasteiger charge is 2.36. The summed E-state index contributed by atoms with van der Waals surface area (Å²) in [6.07, 6.45) is 5.77. The van der Waals surface area contributed by atoms with Crippen LogP contribution in [-0.4, -0.2) is 34.0 Å². The summed E-state index contributed by atoms with van der Waals surface area (Å²) in [4.78, 5) is 18.2. The third-order valence-electron chi connectivity index (χ3n) is 4.06. The molecule has 5 heteroatoms. The first-order valence-corrected chi connectivity index (χ1v) is 6.80. The van der Waals surface area contributed by atoms with Crippen LogP contribution in [0.1, 0.15) is 49.7 Å². The van der Waals surface area contributed by atoms with Gasteiger partial charge in [0.1, 0.15) is 0 Å². The van der Waals surface area contributed by atoms with Gasteiger partial charge in [-0.25, -0.2) is 0 Å². The molecule has 2 heterocycles. The topological polar surface area (TPSA) is 59.2 Å². The van der Waals surface area contributed by atoms with Gasteiger partial charge in [-0.3, -0.25) is 4.79 Å². The van der Waals surface area contributed by atoms with E-state index in [1.165, 1.54) is 25.7 Å². The first-order valence-electron chi connectivity index (χ1n) is 6.80. The predicted molar refractivity (Wildman–Crippen MR) is 64.9 cm³/mol. The number of hydrogen-bond donors (Lipinski definition) is 0. The average molecular weight is 249 g/mol. The van der Waals surface area contributed by atoms with Crippen molar-refractivity contribution in [1.29, 1.82) is 0 Å². The minimum atomic E-state index is 0.249. The number of carbonyl (C=O) groups is 1. The maximum Gasteiger partial charge on any atom is 0.233 e. The van der Waals surface area contributed by atoms with E-state index in [9.17, 15) is 4.79 Å². The zero-order valence-electron chi connectivity index (χ0n) is 10.8. The van der Waals surface area contributed by atoms with Crippen LogP contribution < -0.4 is 0 Å². The number of aromatic nitrogens is 2. The van der Waals surface area contributed by atoms with E-state index in [2.05, 4.69) is 10.1 Å². The van der Waals surface area contributed by atoms with E-state index in [-0.39, 0.29) is 5.92 Å². The van der Waals surface area contributed by atoms with Gasteiger partial charge in [-0.1, -0.05) is 18.0 Å². The molecule has 0 spiro atoms. The van der Waals surface area contributed by atoms with Gasteiger partial charge in [0.2, 0.25) is 11.8 Å². The van der Waals surface area contributed by atoms with E-state index in [1.54, 1.807) is 0 Å². The van der Waals surface area contributed by atoms with Gasteiger partial charge in [-0.05, 0) is 25.7 Å². The van der Waals surface area contributed by atoms with Crippen LogP contribution in [0.2, 0.25) is 0 Å². The normalized spacial score (nSPS) is 21.3. The van der Waals surface area contributed by atoms with E-state index in [0.717, 1.165) is 19.5 Å². The van der Waals surface area contributed by atoms with Crippen molar-refractivity contribution in [2.45, 2.75) is 44.9 Å². The summed E-state index contributed by atoms with van der Waals surface area (Å²) in [5.74, 6) is 2.52. The van der Waals surface area contributed by atoms with Crippen molar-refractivity contribution in [3.8, 4) is 0 Å². The van der Waals surface area contributed by atoms with E-state index < -0.39 is 0 Å². The lowest BCUT2D eigenvalue weighted by Gasteiger charge is -2.37. The van der Waals surface area contributed by atoms with E-state index in [4.69, 9.17) is 4.52 Å². The molecule has 3 rings (SSSR count). The lowest BCUT2D eigenvalue weighted by molar-refractivity contribution is -0.137. The van der Waals surface area contributed by atoms with Crippen LogP contribution in [-0.2, 0) is 4.79 Å². The van der Waals surface area contributed by atoms with Gasteiger partial charge in [0.15, 0.2) is 5.82 Å². The highest BCUT2D eigenvalue weighted by atomic mass is 16.5. The first kappa shape index (κ1) is 11.7. The molecular formula is C13H19N3O2. The Labute approximate surface area is 107 Å². The Morgan fingerprint density at radius 1 is 1.39 bits per heavy atom. The molecule has 0 aromatic carbocycles. The molecule has 0 radical (unpaired) electrons. The fourth-order valence-corrected chi connectivity index (χ4v) is 2.91. The second-order valence-corrected chi connectivity index (χ2v) is 5.53. The van der Waals surface area contributed by atoms with E-state index in [1.807, 2.05) is 11.8 Å². The summed E-state index contributed by atoms with van der Waals surface area (Å²) in [7, 11) is 0. The van der Waals surface area contributed by atoms with Gasteiger partial charge in [-0.15, -0.1) is 0 Å². The van der Waals surface area contributed by atoms with Crippen molar-refractivity contribution in [3.63, 3.8) is 0 Å². The first-order chi connectivity index (χ1) is 8.72. The minimum absolute atomic E-state index is 0.249. The van der Waals surface area contributed by atoms with Crippen molar-refractivity contribution in [1.82, 2.24) is 15.0 Å². The second kappa shape index (κ2) is 4.71. The lowest BCUT2D eigenvalue weighted by Crippen LogP contribution is -2.48. The third-order valence-corrected chi connectivity index (χ3v) is 4.06. The molecule has 1 saturated heterocycles. The fraction of sp³-hybridized carbons (Fsp3) is 0.769. The monoisotopic (exact) mass is 249 g/mol. The molecule has 1 amide bonds. The van der Waals surface area contributed by atoms with Crippen LogP contribution in [0.15, 0.2) is 4.52 Å². The SMILES string of the molecule is Cc1noc(C2CN(C(=O)CC3CCCC3)C2)n1. The Kier molecular flexibility index (Phi) is 3.06. The van der Waals surface area contributed by atoms with Crippen molar-refractivity contribution in [2.75, 3.05) is 13.1 Å². The van der Waals surface area contributed by atoms with Crippen LogP contribution in [0.3, 0.4) is 0 Å². The third kappa shape index (κ3) is 2.26. The van der Waals surface area contributed by atoms with Gasteiger partial charge >= 0.3 is 0 Å². The van der Waals surface area contributed by atoms with E-state index >= 15 is 0 Å². The van der Waals surface area contributed by atoms with Crippen molar-refractivity contribution >= 4 is 5.91 Å². The number of amides is 1. The number of aryl methyl sites for hydroxylation is 1. The summed E-state index contributed by atoms with van der Waals surface area (Å²) < 4.78 is 5.13. The van der Waals surface area contributed by atoms with Crippen LogP contribution >= 0.6 is 0 Å². The highest BCUT2D eigenvalue weighted by Crippen LogP contribution is 2.31. The summed E-state index contributed by atoms with van der Waals surface area (Å²) in [6.45, 7) is 3.30. The van der Waals surface area contributed by atoms with Gasteiger partial charge in [0.25, 0.3) is 0 Å². The molecule has 2 aliphatic rings. The van der Waals surface area contributed by atoms with Crippen molar-refractivity contribution in [3.05, 3.63) is 11.7 Å². The number of nitrogens with zero attached hydrogens (tertiary/aromatic N) is 3. The quantitative estimate of drug-likeness (QED) is 0.820. The predicted octanol–water partition coefficient (Wildman–Crippen LogP) is 1.88. The lowest BCUT2D eigenvalue weighted by atomic mass is 9.97. The molecule has 1 aromatic rings. The number of hydrogen-bond acceptors (Lipinski definition) is 4. The van der Waals surface area contributed by atoms with Gasteiger partial charge in [0.05, 0.1) is 5.92 Å². The minimum Gasteiger partial charge on any atom is -0.341 e. The second-order valence-electron chi connectivity index (χ2n) is 5.53. The molecule has 1 aliphatic carbocycles. The summed E-state index contributed by atoms with van der Waals surface area (Å²) in [5, 5.41) is 3.78. The van der Waals surface area contributed by atoms with Crippen LogP contribution in [0.4, 0.5) is 0 Å². The number of rotatable bonds is 3. The molecule has 18 heavy (non-hydrogen) atoms. The Morgan fingerprint density at radius 3 is 2.72 bits per heavy atom. The molecule has 2 fully saturated rings. The zero-order chi connectivity index (χ0) is 12.5. The standard InChI is InChI=1S/C13H19N3O2/c1-9-14-13(18-15-9)11-7-16(8-11)12(17)6-10-4-2-3-5-10/h10-11H,2-8H2,1H3. The molecule has 1 saturated carbocycles. The zero-order valence-corrected chi connectivity index (χ0v) is 10.8. The summed E-state index contributed by atoms with van der Waals surface area (Å²) >= 11 is 0. The van der Waals surface area contributed by atoms with Crippen molar-refractivity contribution < 1.29 is 9.32 Å². The smallest absolute Gasteiger partial charge is 0.233 e. The Morgan fingerprint density at radius 2 is 2.11 bits per heavy atom. The molecular weight excluding hydrogens is 230 g/mol. The van der Waals surface area contributed by atoms with E-state index in [0.29, 0.717) is 23.5 Å². The highest BCUT2D eigenvalue weighted by molar-refractivity contribution is 5.77. The fourth-order valence-electron chi connectivity index (χ4n) is 2.91. The summed E-state index contributed by atoms with van der Waals surface area (Å²) in [5.41, 5.74) is 0. The maximum atomic E-state index is 12.0. The Balaban J connectivity index is 1.48. The Bertz CT molecular complexity index is 431. The average Bonchev–Trinajstić information content (AvgIpc) is 2.88. The summed E-state index contributed by atoms with van der Waals surface area (Å²) in [6, 6.07) is 0. The maximum absolute atomic E-state index is 12.0. The molecule has 0 N–H and O–H groups in total. The molecule has 0 unspecified atom stereocenters. The molecule has 98 valence electrons. The number of likely N-dealkylation sites (tertiary alicyclic amines) is 1. The molecule has 0 atom stereocenters.